The van der Waals surface area contributed by atoms with E-state index < -0.39 is 0 Å². The van der Waals surface area contributed by atoms with Crippen molar-refractivity contribution in [2.75, 3.05) is 7.05 Å². The molecule has 0 spiro atoms. The molecule has 1 aliphatic carbocycles. The molecule has 2 fully saturated rings. The maximum Gasteiger partial charge on any atom is 0.0123 e. The average molecular weight is 209 g/mol. The molecule has 0 aromatic rings. The van der Waals surface area contributed by atoms with Crippen molar-refractivity contribution in [1.29, 1.82) is 0 Å². The van der Waals surface area contributed by atoms with Crippen LogP contribution in [0.2, 0.25) is 0 Å². The highest BCUT2D eigenvalue weighted by molar-refractivity contribution is 4.90. The lowest BCUT2D eigenvalue weighted by Gasteiger charge is -2.47. The second-order valence-electron chi connectivity index (χ2n) is 6.14. The standard InChI is InChI=1S/C14H27N/c1-11(2)10-13-9-8-12-6-4-5-7-14(12)15(13)3/h11-14H,4-10H2,1-3H3/t12?,13-,14?/m0/s1. The zero-order valence-electron chi connectivity index (χ0n) is 10.7. The molecule has 88 valence electrons. The Balaban J connectivity index is 1.95. The van der Waals surface area contributed by atoms with Crippen molar-refractivity contribution in [2.24, 2.45) is 11.8 Å². The van der Waals surface area contributed by atoms with Crippen LogP contribution >= 0.6 is 0 Å². The highest BCUT2D eigenvalue weighted by Crippen LogP contribution is 2.38. The summed E-state index contributed by atoms with van der Waals surface area (Å²) < 4.78 is 0. The summed E-state index contributed by atoms with van der Waals surface area (Å²) in [6.45, 7) is 4.72. The molecule has 1 aliphatic heterocycles. The molecule has 1 heteroatoms. The second-order valence-corrected chi connectivity index (χ2v) is 6.14. The van der Waals surface area contributed by atoms with Crippen LogP contribution in [0.3, 0.4) is 0 Å². The molecule has 0 aromatic carbocycles. The van der Waals surface area contributed by atoms with Crippen LogP contribution in [0.4, 0.5) is 0 Å². The number of fused-ring (bicyclic) bond motifs is 1. The first-order chi connectivity index (χ1) is 7.18. The summed E-state index contributed by atoms with van der Waals surface area (Å²) >= 11 is 0. The van der Waals surface area contributed by atoms with Gasteiger partial charge in [0.05, 0.1) is 0 Å². The van der Waals surface area contributed by atoms with E-state index in [4.69, 9.17) is 0 Å². The van der Waals surface area contributed by atoms with E-state index >= 15 is 0 Å². The zero-order chi connectivity index (χ0) is 10.8. The molecule has 15 heavy (non-hydrogen) atoms. The molecule has 0 bridgehead atoms. The first-order valence-electron chi connectivity index (χ1n) is 6.90. The van der Waals surface area contributed by atoms with E-state index in [2.05, 4.69) is 25.8 Å². The normalized spacial score (nSPS) is 38.0. The molecule has 2 unspecified atom stereocenters. The highest BCUT2D eigenvalue weighted by Gasteiger charge is 2.35. The van der Waals surface area contributed by atoms with Crippen LogP contribution in [0.25, 0.3) is 0 Å². The predicted octanol–water partition coefficient (Wildman–Crippen LogP) is 3.69. The molecule has 1 saturated heterocycles. The smallest absolute Gasteiger partial charge is 0.0123 e. The van der Waals surface area contributed by atoms with Crippen molar-refractivity contribution in [2.45, 2.75) is 70.9 Å². The lowest BCUT2D eigenvalue weighted by atomic mass is 9.75. The van der Waals surface area contributed by atoms with Gasteiger partial charge in [-0.25, -0.2) is 0 Å². The third kappa shape index (κ3) is 2.55. The molecule has 1 heterocycles. The third-order valence-electron chi connectivity index (χ3n) is 4.58. The lowest BCUT2D eigenvalue weighted by molar-refractivity contribution is 0.0286. The molecule has 0 radical (unpaired) electrons. The molecule has 0 N–H and O–H groups in total. The van der Waals surface area contributed by atoms with Gasteiger partial charge in [-0.05, 0) is 51.0 Å². The van der Waals surface area contributed by atoms with Crippen LogP contribution in [-0.2, 0) is 0 Å². The van der Waals surface area contributed by atoms with Crippen molar-refractivity contribution in [3.8, 4) is 0 Å². The number of piperidine rings is 1. The van der Waals surface area contributed by atoms with Crippen molar-refractivity contribution >= 4 is 0 Å². The summed E-state index contributed by atoms with van der Waals surface area (Å²) in [5.41, 5.74) is 0. The quantitative estimate of drug-likeness (QED) is 0.670. The van der Waals surface area contributed by atoms with Gasteiger partial charge in [-0.15, -0.1) is 0 Å². The number of likely N-dealkylation sites (tertiary alicyclic amines) is 1. The SMILES string of the molecule is CC(C)C[C@@H]1CCC2CCCCC2N1C. The Bertz CT molecular complexity index is 200. The number of hydrogen-bond donors (Lipinski definition) is 0. The van der Waals surface area contributed by atoms with Crippen molar-refractivity contribution in [1.82, 2.24) is 4.90 Å². The zero-order valence-corrected chi connectivity index (χ0v) is 10.7. The number of hydrogen-bond acceptors (Lipinski definition) is 1. The van der Waals surface area contributed by atoms with E-state index in [1.807, 2.05) is 0 Å². The predicted molar refractivity (Wildman–Crippen MR) is 66.0 cm³/mol. The summed E-state index contributed by atoms with van der Waals surface area (Å²) in [5.74, 6) is 1.89. The summed E-state index contributed by atoms with van der Waals surface area (Å²) in [6.07, 6.45) is 10.3. The van der Waals surface area contributed by atoms with Crippen LogP contribution in [0, 0.1) is 11.8 Å². The minimum absolute atomic E-state index is 0.859. The molecule has 2 rings (SSSR count). The minimum atomic E-state index is 0.859. The van der Waals surface area contributed by atoms with Gasteiger partial charge in [0.15, 0.2) is 0 Å². The number of rotatable bonds is 2. The van der Waals surface area contributed by atoms with Crippen LogP contribution < -0.4 is 0 Å². The Kier molecular flexibility index (Phi) is 3.71. The molecule has 1 nitrogen and oxygen atoms in total. The Hall–Kier alpha value is -0.0400. The third-order valence-corrected chi connectivity index (χ3v) is 4.58. The molecule has 1 saturated carbocycles. The minimum Gasteiger partial charge on any atom is -0.300 e. The highest BCUT2D eigenvalue weighted by atomic mass is 15.2. The van der Waals surface area contributed by atoms with Gasteiger partial charge in [-0.2, -0.15) is 0 Å². The second kappa shape index (κ2) is 4.86. The van der Waals surface area contributed by atoms with Crippen molar-refractivity contribution in [3.63, 3.8) is 0 Å². The van der Waals surface area contributed by atoms with Crippen LogP contribution in [0.1, 0.15) is 58.8 Å². The van der Waals surface area contributed by atoms with E-state index in [0.29, 0.717) is 0 Å². The molecule has 2 aliphatic rings. The van der Waals surface area contributed by atoms with Gasteiger partial charge in [0, 0.05) is 12.1 Å². The first-order valence-corrected chi connectivity index (χ1v) is 6.90. The van der Waals surface area contributed by atoms with Gasteiger partial charge in [-0.1, -0.05) is 26.7 Å². The van der Waals surface area contributed by atoms with Gasteiger partial charge in [0.25, 0.3) is 0 Å². The van der Waals surface area contributed by atoms with E-state index in [1.54, 1.807) is 0 Å². The van der Waals surface area contributed by atoms with Crippen molar-refractivity contribution < 1.29 is 0 Å². The Morgan fingerprint density at radius 2 is 1.80 bits per heavy atom. The fraction of sp³-hybridized carbons (Fsp3) is 1.00. The summed E-state index contributed by atoms with van der Waals surface area (Å²) in [6, 6.07) is 1.81. The van der Waals surface area contributed by atoms with Crippen molar-refractivity contribution in [3.05, 3.63) is 0 Å². The topological polar surface area (TPSA) is 3.24 Å². The molecule has 3 atom stereocenters. The molecular formula is C14H27N. The molecule has 0 aromatic heterocycles. The van der Waals surface area contributed by atoms with Gasteiger partial charge in [0.2, 0.25) is 0 Å². The fourth-order valence-corrected chi connectivity index (χ4v) is 3.77. The van der Waals surface area contributed by atoms with Gasteiger partial charge in [-0.3, -0.25) is 0 Å². The summed E-state index contributed by atoms with van der Waals surface area (Å²) in [5, 5.41) is 0. The van der Waals surface area contributed by atoms with E-state index in [9.17, 15) is 0 Å². The van der Waals surface area contributed by atoms with Gasteiger partial charge in [0.1, 0.15) is 0 Å². The van der Waals surface area contributed by atoms with Crippen LogP contribution in [-0.4, -0.2) is 24.0 Å². The Morgan fingerprint density at radius 1 is 1.07 bits per heavy atom. The summed E-state index contributed by atoms with van der Waals surface area (Å²) in [4.78, 5) is 2.73. The number of nitrogens with zero attached hydrogens (tertiary/aromatic N) is 1. The van der Waals surface area contributed by atoms with Crippen LogP contribution in [0.5, 0.6) is 0 Å². The average Bonchev–Trinajstić information content (AvgIpc) is 2.22. The van der Waals surface area contributed by atoms with E-state index in [-0.39, 0.29) is 0 Å². The Morgan fingerprint density at radius 3 is 2.53 bits per heavy atom. The summed E-state index contributed by atoms with van der Waals surface area (Å²) in [7, 11) is 2.38. The maximum absolute atomic E-state index is 2.73. The van der Waals surface area contributed by atoms with E-state index in [1.165, 1.54) is 44.9 Å². The van der Waals surface area contributed by atoms with Gasteiger partial charge < -0.3 is 4.90 Å². The Labute approximate surface area is 95.2 Å². The largest absolute Gasteiger partial charge is 0.300 e. The lowest BCUT2D eigenvalue weighted by Crippen LogP contribution is -2.50. The van der Waals surface area contributed by atoms with E-state index in [0.717, 1.165) is 23.9 Å². The van der Waals surface area contributed by atoms with Gasteiger partial charge >= 0.3 is 0 Å². The first kappa shape index (κ1) is 11.4. The van der Waals surface area contributed by atoms with Crippen LogP contribution in [0.15, 0.2) is 0 Å². The molecule has 0 amide bonds. The molecular weight excluding hydrogens is 182 g/mol. The monoisotopic (exact) mass is 209 g/mol. The maximum atomic E-state index is 2.73. The fourth-order valence-electron chi connectivity index (χ4n) is 3.77.